The van der Waals surface area contributed by atoms with Crippen molar-refractivity contribution in [2.24, 2.45) is 0 Å². The third kappa shape index (κ3) is 4.24. The van der Waals surface area contributed by atoms with E-state index >= 15 is 0 Å². The van der Waals surface area contributed by atoms with Crippen LogP contribution in [0.3, 0.4) is 0 Å². The predicted molar refractivity (Wildman–Crippen MR) is 117 cm³/mol. The number of benzene rings is 2. The molecule has 0 radical (unpaired) electrons. The number of rotatable bonds is 7. The van der Waals surface area contributed by atoms with Crippen LogP contribution in [0.2, 0.25) is 0 Å². The van der Waals surface area contributed by atoms with E-state index in [1.54, 1.807) is 18.2 Å². The molecule has 8 nitrogen and oxygen atoms in total. The van der Waals surface area contributed by atoms with E-state index < -0.39 is 5.97 Å². The molecule has 0 saturated carbocycles. The third-order valence-electron chi connectivity index (χ3n) is 4.77. The van der Waals surface area contributed by atoms with Gasteiger partial charge in [0.2, 0.25) is 11.5 Å². The molecule has 1 aliphatic rings. The zero-order chi connectivity index (χ0) is 22.7. The Labute approximate surface area is 185 Å². The number of nitrogens with zero attached hydrogens (tertiary/aromatic N) is 3. The highest BCUT2D eigenvalue weighted by Crippen LogP contribution is 2.37. The standard InChI is InChI=1S/C24H21N3O5/c1-14(2)30-21-10-8-15(12-19(21)25-3)24-26-23(27-32-24)18-7-5-6-17-16(18)9-11-20(17)31-22(28)13-29-4/h5-8,10-12,14H,9,13H2,1-2,4H3. The molecular weight excluding hydrogens is 410 g/mol. The molecular formula is C24H21N3O5. The number of ether oxygens (including phenoxy) is 3. The molecule has 1 aromatic heterocycles. The minimum absolute atomic E-state index is 0.0381. The van der Waals surface area contributed by atoms with Crippen molar-refractivity contribution < 1.29 is 23.5 Å². The van der Waals surface area contributed by atoms with E-state index in [0.717, 1.165) is 16.7 Å². The second-order valence-corrected chi connectivity index (χ2v) is 7.40. The summed E-state index contributed by atoms with van der Waals surface area (Å²) in [6, 6.07) is 10.8. The average molecular weight is 431 g/mol. The Hall–Kier alpha value is -3.96. The average Bonchev–Trinajstić information content (AvgIpc) is 3.41. The largest absolute Gasteiger partial charge is 0.502 e. The second-order valence-electron chi connectivity index (χ2n) is 7.40. The number of aromatic nitrogens is 2. The minimum atomic E-state index is -0.459. The van der Waals surface area contributed by atoms with Crippen molar-refractivity contribution in [1.82, 2.24) is 10.1 Å². The summed E-state index contributed by atoms with van der Waals surface area (Å²) in [4.78, 5) is 19.9. The summed E-state index contributed by atoms with van der Waals surface area (Å²) in [6.07, 6.45) is 2.38. The van der Waals surface area contributed by atoms with Gasteiger partial charge in [-0.2, -0.15) is 4.98 Å². The Kier molecular flexibility index (Phi) is 6.01. The zero-order valence-electron chi connectivity index (χ0n) is 17.9. The van der Waals surface area contributed by atoms with Gasteiger partial charge in [-0.15, -0.1) is 0 Å². The first-order valence-electron chi connectivity index (χ1n) is 10.0. The van der Waals surface area contributed by atoms with E-state index in [9.17, 15) is 4.79 Å². The fourth-order valence-electron chi connectivity index (χ4n) is 3.46. The predicted octanol–water partition coefficient (Wildman–Crippen LogP) is 4.83. The van der Waals surface area contributed by atoms with E-state index in [4.69, 9.17) is 25.3 Å². The Bertz CT molecular complexity index is 1240. The van der Waals surface area contributed by atoms with Crippen LogP contribution >= 0.6 is 0 Å². The molecule has 2 aromatic carbocycles. The molecule has 0 amide bonds. The van der Waals surface area contributed by atoms with Crippen molar-refractivity contribution in [1.29, 1.82) is 0 Å². The summed E-state index contributed by atoms with van der Waals surface area (Å²) in [5.41, 5.74) is 3.55. The molecule has 0 atom stereocenters. The van der Waals surface area contributed by atoms with Gasteiger partial charge >= 0.3 is 5.97 Å². The Balaban J connectivity index is 1.61. The highest BCUT2D eigenvalue weighted by Gasteiger charge is 2.23. The van der Waals surface area contributed by atoms with Crippen LogP contribution < -0.4 is 4.74 Å². The van der Waals surface area contributed by atoms with Gasteiger partial charge in [-0.25, -0.2) is 9.64 Å². The second kappa shape index (κ2) is 9.04. The van der Waals surface area contributed by atoms with Crippen molar-refractivity contribution in [2.75, 3.05) is 13.7 Å². The molecule has 0 saturated heterocycles. The Morgan fingerprint density at radius 3 is 2.81 bits per heavy atom. The van der Waals surface area contributed by atoms with Gasteiger partial charge in [-0.3, -0.25) is 0 Å². The molecule has 3 aromatic rings. The van der Waals surface area contributed by atoms with E-state index in [0.29, 0.717) is 40.9 Å². The normalized spacial score (nSPS) is 12.3. The number of fused-ring (bicyclic) bond motifs is 1. The van der Waals surface area contributed by atoms with Crippen LogP contribution in [-0.2, 0) is 20.7 Å². The first-order chi connectivity index (χ1) is 15.5. The molecule has 0 fully saturated rings. The number of carbonyl (C=O) groups excluding carboxylic acids is 1. The summed E-state index contributed by atoms with van der Waals surface area (Å²) in [6.45, 7) is 11.1. The molecule has 32 heavy (non-hydrogen) atoms. The molecule has 0 N–H and O–H groups in total. The first-order valence-corrected chi connectivity index (χ1v) is 10.0. The molecule has 162 valence electrons. The molecule has 1 aliphatic carbocycles. The molecule has 8 heteroatoms. The summed E-state index contributed by atoms with van der Waals surface area (Å²) in [5, 5.41) is 4.14. The summed E-state index contributed by atoms with van der Waals surface area (Å²) in [5.74, 6) is 1.27. The van der Waals surface area contributed by atoms with Crippen LogP contribution in [0.25, 0.3) is 33.4 Å². The van der Waals surface area contributed by atoms with Gasteiger partial charge in [0, 0.05) is 23.8 Å². The first kappa shape index (κ1) is 21.3. The van der Waals surface area contributed by atoms with Crippen LogP contribution in [-0.4, -0.2) is 35.9 Å². The fraction of sp³-hybridized carbons (Fsp3) is 0.250. The highest BCUT2D eigenvalue weighted by molar-refractivity contribution is 5.84. The van der Waals surface area contributed by atoms with Gasteiger partial charge in [-0.1, -0.05) is 23.4 Å². The molecule has 0 aliphatic heterocycles. The van der Waals surface area contributed by atoms with Crippen LogP contribution in [0.5, 0.6) is 5.75 Å². The van der Waals surface area contributed by atoms with Crippen LogP contribution in [0.15, 0.2) is 47.0 Å². The lowest BCUT2D eigenvalue weighted by molar-refractivity contribution is -0.140. The quantitative estimate of drug-likeness (QED) is 0.391. The highest BCUT2D eigenvalue weighted by atomic mass is 16.6. The summed E-state index contributed by atoms with van der Waals surface area (Å²) in [7, 11) is 1.44. The van der Waals surface area contributed by atoms with Crippen molar-refractivity contribution in [3.05, 3.63) is 65.0 Å². The Morgan fingerprint density at radius 1 is 1.25 bits per heavy atom. The van der Waals surface area contributed by atoms with Gasteiger partial charge in [-0.05, 0) is 50.1 Å². The van der Waals surface area contributed by atoms with Crippen LogP contribution in [0.1, 0.15) is 25.0 Å². The maximum atomic E-state index is 11.8. The lowest BCUT2D eigenvalue weighted by Gasteiger charge is -2.11. The van der Waals surface area contributed by atoms with Crippen molar-refractivity contribution in [3.63, 3.8) is 0 Å². The van der Waals surface area contributed by atoms with Gasteiger partial charge in [0.1, 0.15) is 18.1 Å². The van der Waals surface area contributed by atoms with Crippen LogP contribution in [0, 0.1) is 6.57 Å². The fourth-order valence-corrected chi connectivity index (χ4v) is 3.46. The number of esters is 1. The van der Waals surface area contributed by atoms with E-state index in [2.05, 4.69) is 15.0 Å². The SMILES string of the molecule is [C-]#[N+]c1cc(-c2nc(-c3cccc4c3CC=C4OC(=O)COC)no2)ccc1OC(C)C. The lowest BCUT2D eigenvalue weighted by Crippen LogP contribution is -2.10. The maximum Gasteiger partial charge on any atom is 0.337 e. The van der Waals surface area contributed by atoms with E-state index in [-0.39, 0.29) is 12.7 Å². The number of hydrogen-bond acceptors (Lipinski definition) is 7. The third-order valence-corrected chi connectivity index (χ3v) is 4.77. The number of allylic oxidation sites excluding steroid dienone is 1. The molecule has 4 rings (SSSR count). The van der Waals surface area contributed by atoms with Gasteiger partial charge in [0.05, 0.1) is 12.7 Å². The number of methoxy groups -OCH3 is 1. The molecule has 1 heterocycles. The molecule has 0 unspecified atom stereocenters. The van der Waals surface area contributed by atoms with Gasteiger partial charge < -0.3 is 18.7 Å². The summed E-state index contributed by atoms with van der Waals surface area (Å²) < 4.78 is 21.4. The van der Waals surface area contributed by atoms with Crippen molar-refractivity contribution >= 4 is 17.4 Å². The number of hydrogen-bond donors (Lipinski definition) is 0. The lowest BCUT2D eigenvalue weighted by atomic mass is 10.0. The number of carbonyl (C=O) groups is 1. The zero-order valence-corrected chi connectivity index (χ0v) is 17.9. The van der Waals surface area contributed by atoms with E-state index in [1.807, 2.05) is 38.1 Å². The van der Waals surface area contributed by atoms with E-state index in [1.165, 1.54) is 7.11 Å². The summed E-state index contributed by atoms with van der Waals surface area (Å²) >= 11 is 0. The Morgan fingerprint density at radius 2 is 2.06 bits per heavy atom. The van der Waals surface area contributed by atoms with Crippen LogP contribution in [0.4, 0.5) is 5.69 Å². The maximum absolute atomic E-state index is 11.8. The van der Waals surface area contributed by atoms with Gasteiger partial charge in [0.25, 0.3) is 5.89 Å². The van der Waals surface area contributed by atoms with Crippen molar-refractivity contribution in [2.45, 2.75) is 26.4 Å². The minimum Gasteiger partial charge on any atom is -0.502 e. The smallest absolute Gasteiger partial charge is 0.337 e. The monoisotopic (exact) mass is 431 g/mol. The molecule has 0 bridgehead atoms. The van der Waals surface area contributed by atoms with Gasteiger partial charge in [0.15, 0.2) is 0 Å². The topological polar surface area (TPSA) is 88.0 Å². The molecule has 0 spiro atoms. The van der Waals surface area contributed by atoms with Crippen molar-refractivity contribution in [3.8, 4) is 28.6 Å².